The van der Waals surface area contributed by atoms with E-state index in [0.717, 1.165) is 17.9 Å². The van der Waals surface area contributed by atoms with Gasteiger partial charge in [-0.05, 0) is 37.1 Å². The maximum Gasteiger partial charge on any atom is 0.0100 e. The molecule has 0 heterocycles. The number of hydrogen-bond acceptors (Lipinski definition) is 1. The van der Waals surface area contributed by atoms with Gasteiger partial charge in [0, 0.05) is 6.04 Å². The lowest BCUT2D eigenvalue weighted by atomic mass is 9.92. The molecule has 1 nitrogen and oxygen atoms in total. The maximum absolute atomic E-state index is 3.51. The van der Waals surface area contributed by atoms with Crippen LogP contribution in [0.25, 0.3) is 0 Å². The summed E-state index contributed by atoms with van der Waals surface area (Å²) in [6.07, 6.45) is 5.48. The molecule has 1 aliphatic rings. The van der Waals surface area contributed by atoms with Gasteiger partial charge in [0.2, 0.25) is 0 Å². The molecule has 0 aromatic carbocycles. The van der Waals surface area contributed by atoms with Gasteiger partial charge in [-0.3, -0.25) is 0 Å². The third kappa shape index (κ3) is 2.98. The van der Waals surface area contributed by atoms with Crippen molar-refractivity contribution in [2.24, 2.45) is 17.3 Å². The predicted molar refractivity (Wildman–Crippen MR) is 63.4 cm³/mol. The first-order valence-corrected chi connectivity index (χ1v) is 6.18. The van der Waals surface area contributed by atoms with E-state index in [-0.39, 0.29) is 0 Å². The highest BCUT2D eigenvalue weighted by Gasteiger charge is 2.49. The molecule has 0 aromatic rings. The van der Waals surface area contributed by atoms with Gasteiger partial charge in [-0.2, -0.15) is 0 Å². The van der Waals surface area contributed by atoms with Gasteiger partial charge in [0.05, 0.1) is 0 Å². The highest BCUT2D eigenvalue weighted by molar-refractivity contribution is 5.01. The van der Waals surface area contributed by atoms with Crippen molar-refractivity contribution < 1.29 is 0 Å². The molecular weight excluding hydrogens is 170 g/mol. The molecule has 0 bridgehead atoms. The zero-order valence-electron chi connectivity index (χ0n) is 10.6. The number of hydrogen-bond donors (Lipinski definition) is 1. The third-order valence-corrected chi connectivity index (χ3v) is 3.88. The Kier molecular flexibility index (Phi) is 4.00. The van der Waals surface area contributed by atoms with Gasteiger partial charge in [-0.15, -0.1) is 0 Å². The van der Waals surface area contributed by atoms with Crippen LogP contribution in [0.2, 0.25) is 0 Å². The SMILES string of the molecule is CCCC(C)CC(NC)C1CC1(C)C. The van der Waals surface area contributed by atoms with E-state index in [1.165, 1.54) is 25.7 Å². The molecule has 1 fully saturated rings. The molecule has 1 heteroatoms. The van der Waals surface area contributed by atoms with Gasteiger partial charge in [-0.1, -0.05) is 40.5 Å². The van der Waals surface area contributed by atoms with Crippen LogP contribution in [0.3, 0.4) is 0 Å². The lowest BCUT2D eigenvalue weighted by molar-refractivity contribution is 0.342. The molecule has 1 aliphatic carbocycles. The van der Waals surface area contributed by atoms with Crippen molar-refractivity contribution in [3.05, 3.63) is 0 Å². The topological polar surface area (TPSA) is 12.0 Å². The van der Waals surface area contributed by atoms with Crippen molar-refractivity contribution in [1.29, 1.82) is 0 Å². The number of rotatable bonds is 6. The van der Waals surface area contributed by atoms with Crippen LogP contribution in [0.5, 0.6) is 0 Å². The van der Waals surface area contributed by atoms with Crippen LogP contribution in [0.1, 0.15) is 53.4 Å². The molecule has 1 saturated carbocycles. The molecular formula is C13H27N. The summed E-state index contributed by atoms with van der Waals surface area (Å²) in [5.41, 5.74) is 0.611. The minimum atomic E-state index is 0.611. The van der Waals surface area contributed by atoms with E-state index in [4.69, 9.17) is 0 Å². The molecule has 3 unspecified atom stereocenters. The summed E-state index contributed by atoms with van der Waals surface area (Å²) in [4.78, 5) is 0. The van der Waals surface area contributed by atoms with Crippen LogP contribution in [0.4, 0.5) is 0 Å². The van der Waals surface area contributed by atoms with Crippen molar-refractivity contribution in [3.8, 4) is 0 Å². The standard InChI is InChI=1S/C13H27N/c1-6-7-10(2)8-12(14-5)11-9-13(11,3)4/h10-12,14H,6-9H2,1-5H3. The monoisotopic (exact) mass is 197 g/mol. The van der Waals surface area contributed by atoms with Gasteiger partial charge in [0.1, 0.15) is 0 Å². The molecule has 1 rings (SSSR count). The summed E-state index contributed by atoms with van der Waals surface area (Å²) < 4.78 is 0. The minimum Gasteiger partial charge on any atom is -0.317 e. The highest BCUT2D eigenvalue weighted by Crippen LogP contribution is 2.54. The summed E-state index contributed by atoms with van der Waals surface area (Å²) in [7, 11) is 2.12. The highest BCUT2D eigenvalue weighted by atomic mass is 14.9. The lowest BCUT2D eigenvalue weighted by Gasteiger charge is -2.21. The van der Waals surface area contributed by atoms with Crippen LogP contribution in [0, 0.1) is 17.3 Å². The fraction of sp³-hybridized carbons (Fsp3) is 1.00. The van der Waals surface area contributed by atoms with Crippen molar-refractivity contribution in [2.45, 2.75) is 59.4 Å². The van der Waals surface area contributed by atoms with Crippen LogP contribution in [0.15, 0.2) is 0 Å². The zero-order chi connectivity index (χ0) is 10.8. The number of nitrogens with one attached hydrogen (secondary N) is 1. The molecule has 1 N–H and O–H groups in total. The Balaban J connectivity index is 2.33. The van der Waals surface area contributed by atoms with Gasteiger partial charge in [0.25, 0.3) is 0 Å². The summed E-state index contributed by atoms with van der Waals surface area (Å²) in [5.74, 6) is 1.81. The van der Waals surface area contributed by atoms with Gasteiger partial charge in [-0.25, -0.2) is 0 Å². The van der Waals surface area contributed by atoms with Gasteiger partial charge < -0.3 is 5.32 Å². The van der Waals surface area contributed by atoms with Crippen molar-refractivity contribution in [1.82, 2.24) is 5.32 Å². The van der Waals surface area contributed by atoms with E-state index >= 15 is 0 Å². The Hall–Kier alpha value is -0.0400. The van der Waals surface area contributed by atoms with E-state index in [2.05, 4.69) is 40.1 Å². The fourth-order valence-electron chi connectivity index (χ4n) is 2.72. The zero-order valence-corrected chi connectivity index (χ0v) is 10.6. The average Bonchev–Trinajstić information content (AvgIpc) is 2.71. The molecule has 0 aliphatic heterocycles. The Labute approximate surface area is 89.7 Å². The van der Waals surface area contributed by atoms with Crippen LogP contribution >= 0.6 is 0 Å². The predicted octanol–water partition coefficient (Wildman–Crippen LogP) is 3.45. The second-order valence-corrected chi connectivity index (χ2v) is 5.82. The lowest BCUT2D eigenvalue weighted by Crippen LogP contribution is -2.31. The first-order chi connectivity index (χ1) is 6.51. The fourth-order valence-corrected chi connectivity index (χ4v) is 2.72. The van der Waals surface area contributed by atoms with Crippen molar-refractivity contribution >= 4 is 0 Å². The Morgan fingerprint density at radius 1 is 1.43 bits per heavy atom. The second-order valence-electron chi connectivity index (χ2n) is 5.82. The van der Waals surface area contributed by atoms with E-state index < -0.39 is 0 Å². The first kappa shape index (κ1) is 12.0. The quantitative estimate of drug-likeness (QED) is 0.688. The third-order valence-electron chi connectivity index (χ3n) is 3.88. The summed E-state index contributed by atoms with van der Waals surface area (Å²) in [5, 5.41) is 3.51. The van der Waals surface area contributed by atoms with Crippen molar-refractivity contribution in [3.63, 3.8) is 0 Å². The summed E-state index contributed by atoms with van der Waals surface area (Å²) in [6, 6.07) is 0.756. The normalized spacial score (nSPS) is 28.5. The molecule has 0 aromatic heterocycles. The molecule has 0 amide bonds. The average molecular weight is 197 g/mol. The molecule has 84 valence electrons. The van der Waals surface area contributed by atoms with Crippen LogP contribution < -0.4 is 5.32 Å². The van der Waals surface area contributed by atoms with Crippen LogP contribution in [-0.4, -0.2) is 13.1 Å². The van der Waals surface area contributed by atoms with Crippen molar-refractivity contribution in [2.75, 3.05) is 7.05 Å². The molecule has 0 radical (unpaired) electrons. The molecule has 0 spiro atoms. The van der Waals surface area contributed by atoms with E-state index in [1.807, 2.05) is 0 Å². The van der Waals surface area contributed by atoms with E-state index in [1.54, 1.807) is 0 Å². The molecule has 0 saturated heterocycles. The molecule has 3 atom stereocenters. The Morgan fingerprint density at radius 3 is 2.36 bits per heavy atom. The van der Waals surface area contributed by atoms with Gasteiger partial charge >= 0.3 is 0 Å². The maximum atomic E-state index is 3.51. The first-order valence-electron chi connectivity index (χ1n) is 6.18. The minimum absolute atomic E-state index is 0.611. The molecule has 14 heavy (non-hydrogen) atoms. The summed E-state index contributed by atoms with van der Waals surface area (Å²) >= 11 is 0. The van der Waals surface area contributed by atoms with E-state index in [0.29, 0.717) is 5.41 Å². The second kappa shape index (κ2) is 4.65. The Morgan fingerprint density at radius 2 is 2.00 bits per heavy atom. The van der Waals surface area contributed by atoms with Crippen LogP contribution in [-0.2, 0) is 0 Å². The van der Waals surface area contributed by atoms with E-state index in [9.17, 15) is 0 Å². The van der Waals surface area contributed by atoms with Gasteiger partial charge in [0.15, 0.2) is 0 Å². The smallest absolute Gasteiger partial charge is 0.0100 e. The largest absolute Gasteiger partial charge is 0.317 e. The Bertz CT molecular complexity index is 174. The summed E-state index contributed by atoms with van der Waals surface area (Å²) in [6.45, 7) is 9.47.